The second-order valence-electron chi connectivity index (χ2n) is 7.75. The van der Waals surface area contributed by atoms with Crippen molar-refractivity contribution in [3.63, 3.8) is 0 Å². The van der Waals surface area contributed by atoms with E-state index in [0.717, 1.165) is 55.4 Å². The van der Waals surface area contributed by atoms with Gasteiger partial charge in [0.25, 0.3) is 11.8 Å². The molecule has 0 radical (unpaired) electrons. The summed E-state index contributed by atoms with van der Waals surface area (Å²) in [7, 11) is 0. The van der Waals surface area contributed by atoms with Gasteiger partial charge in [-0.15, -0.1) is 0 Å². The fraction of sp³-hybridized carbons (Fsp3) is 0.391. The third kappa shape index (κ3) is 4.41. The number of benzene rings is 2. The zero-order valence-electron chi connectivity index (χ0n) is 17.5. The minimum atomic E-state index is -0.452. The Balaban J connectivity index is 1.32. The number of nitrogens with zero attached hydrogens (tertiary/aromatic N) is 2. The molecular formula is C23H28N4O3. The first-order valence-electron chi connectivity index (χ1n) is 10.5. The average Bonchev–Trinajstić information content (AvgIpc) is 2.76. The molecule has 0 bridgehead atoms. The normalized spacial score (nSPS) is 18.9. The molecule has 1 fully saturated rings. The number of nitrogens with one attached hydrogen (secondary N) is 2. The molecule has 2 heterocycles. The highest BCUT2D eigenvalue weighted by Gasteiger charge is 2.24. The summed E-state index contributed by atoms with van der Waals surface area (Å²) in [6.07, 6.45) is -0.452. The third-order valence-corrected chi connectivity index (χ3v) is 5.59. The van der Waals surface area contributed by atoms with Gasteiger partial charge in [-0.1, -0.05) is 6.07 Å². The van der Waals surface area contributed by atoms with Crippen molar-refractivity contribution in [2.45, 2.75) is 26.5 Å². The highest BCUT2D eigenvalue weighted by Crippen LogP contribution is 2.31. The molecule has 0 unspecified atom stereocenters. The van der Waals surface area contributed by atoms with Crippen LogP contribution >= 0.6 is 0 Å². The minimum absolute atomic E-state index is 0.0324. The van der Waals surface area contributed by atoms with Crippen molar-refractivity contribution in [1.29, 1.82) is 0 Å². The molecule has 1 atom stereocenters. The van der Waals surface area contributed by atoms with E-state index in [-0.39, 0.29) is 11.8 Å². The van der Waals surface area contributed by atoms with E-state index in [9.17, 15) is 9.59 Å². The summed E-state index contributed by atoms with van der Waals surface area (Å²) in [6.45, 7) is 8.91. The van der Waals surface area contributed by atoms with Crippen LogP contribution in [0.4, 0.5) is 11.4 Å². The zero-order valence-corrected chi connectivity index (χ0v) is 17.5. The van der Waals surface area contributed by atoms with Gasteiger partial charge < -0.3 is 20.3 Å². The van der Waals surface area contributed by atoms with Gasteiger partial charge in [-0.3, -0.25) is 14.5 Å². The summed E-state index contributed by atoms with van der Waals surface area (Å²) in [5.41, 5.74) is 3.75. The van der Waals surface area contributed by atoms with Crippen LogP contribution in [0.15, 0.2) is 42.5 Å². The quantitative estimate of drug-likeness (QED) is 0.795. The van der Waals surface area contributed by atoms with E-state index in [4.69, 9.17) is 4.74 Å². The minimum Gasteiger partial charge on any atom is -0.479 e. The lowest BCUT2D eigenvalue weighted by Gasteiger charge is -2.36. The van der Waals surface area contributed by atoms with Crippen molar-refractivity contribution in [1.82, 2.24) is 10.2 Å². The lowest BCUT2D eigenvalue weighted by Crippen LogP contribution is -2.46. The molecular weight excluding hydrogens is 380 g/mol. The van der Waals surface area contributed by atoms with Crippen molar-refractivity contribution >= 4 is 23.2 Å². The van der Waals surface area contributed by atoms with Crippen LogP contribution in [-0.4, -0.2) is 55.5 Å². The number of hydrogen-bond acceptors (Lipinski definition) is 5. The number of anilines is 2. The highest BCUT2D eigenvalue weighted by atomic mass is 16.5. The Morgan fingerprint density at radius 3 is 2.57 bits per heavy atom. The fourth-order valence-corrected chi connectivity index (χ4v) is 3.86. The van der Waals surface area contributed by atoms with Crippen molar-refractivity contribution in [2.75, 3.05) is 42.9 Å². The molecule has 2 aromatic rings. The topological polar surface area (TPSA) is 73.9 Å². The Bertz CT molecular complexity index is 921. The summed E-state index contributed by atoms with van der Waals surface area (Å²) >= 11 is 0. The molecule has 0 aliphatic carbocycles. The summed E-state index contributed by atoms with van der Waals surface area (Å²) < 4.78 is 5.63. The number of amides is 2. The lowest BCUT2D eigenvalue weighted by atomic mass is 10.1. The Hall–Kier alpha value is -3.06. The number of hydrogen-bond donors (Lipinski definition) is 2. The molecule has 2 amide bonds. The molecule has 0 saturated carbocycles. The molecule has 2 aromatic carbocycles. The first kappa shape index (κ1) is 20.2. The van der Waals surface area contributed by atoms with Crippen LogP contribution in [0.5, 0.6) is 5.75 Å². The van der Waals surface area contributed by atoms with E-state index in [1.807, 2.05) is 43.3 Å². The number of carbonyl (C=O) groups is 2. The largest absolute Gasteiger partial charge is 0.479 e. The van der Waals surface area contributed by atoms with E-state index in [1.54, 1.807) is 6.92 Å². The first-order valence-corrected chi connectivity index (χ1v) is 10.5. The van der Waals surface area contributed by atoms with Crippen LogP contribution < -0.4 is 20.3 Å². The summed E-state index contributed by atoms with van der Waals surface area (Å²) in [5, 5.41) is 5.74. The van der Waals surface area contributed by atoms with Crippen LogP contribution in [-0.2, 0) is 11.3 Å². The highest BCUT2D eigenvalue weighted by molar-refractivity contribution is 5.97. The molecule has 7 heteroatoms. The number of ether oxygens (including phenoxy) is 1. The van der Waals surface area contributed by atoms with Crippen molar-refractivity contribution in [3.05, 3.63) is 53.6 Å². The standard InChI is InChI=1S/C23H28N4O3/c1-3-24-23(29)18-5-7-19(8-6-18)27-12-10-26(11-13-27)15-17-4-9-21-20(14-17)25-22(28)16(2)30-21/h4-9,14,16H,3,10-13,15H2,1-2H3,(H,24,29)(H,25,28)/t16-/m0/s1. The first-order chi connectivity index (χ1) is 14.5. The van der Waals surface area contributed by atoms with Crippen molar-refractivity contribution < 1.29 is 14.3 Å². The van der Waals surface area contributed by atoms with Crippen molar-refractivity contribution in [3.8, 4) is 5.75 Å². The molecule has 2 aliphatic heterocycles. The zero-order chi connectivity index (χ0) is 21.1. The molecule has 4 rings (SSSR count). The maximum Gasteiger partial charge on any atom is 0.265 e. The van der Waals surface area contributed by atoms with Gasteiger partial charge in [0, 0.05) is 50.5 Å². The van der Waals surface area contributed by atoms with Crippen molar-refractivity contribution in [2.24, 2.45) is 0 Å². The number of fused-ring (bicyclic) bond motifs is 1. The maximum atomic E-state index is 11.9. The van der Waals surface area contributed by atoms with Gasteiger partial charge in [0.2, 0.25) is 0 Å². The number of rotatable bonds is 5. The Morgan fingerprint density at radius 1 is 1.13 bits per heavy atom. The molecule has 7 nitrogen and oxygen atoms in total. The van der Waals surface area contributed by atoms with E-state index in [1.165, 1.54) is 0 Å². The second-order valence-corrected chi connectivity index (χ2v) is 7.75. The van der Waals surface area contributed by atoms with Crippen LogP contribution in [0.1, 0.15) is 29.8 Å². The molecule has 2 N–H and O–H groups in total. The van der Waals surface area contributed by atoms with Gasteiger partial charge in [0.05, 0.1) is 5.69 Å². The second kappa shape index (κ2) is 8.75. The molecule has 30 heavy (non-hydrogen) atoms. The Labute approximate surface area is 177 Å². The smallest absolute Gasteiger partial charge is 0.265 e. The maximum absolute atomic E-state index is 11.9. The number of piperazine rings is 1. The van der Waals surface area contributed by atoms with Gasteiger partial charge in [-0.2, -0.15) is 0 Å². The third-order valence-electron chi connectivity index (χ3n) is 5.59. The van der Waals surface area contributed by atoms with Crippen LogP contribution in [0, 0.1) is 0 Å². The van der Waals surface area contributed by atoms with Gasteiger partial charge in [-0.25, -0.2) is 0 Å². The van der Waals surface area contributed by atoms with Gasteiger partial charge in [0.15, 0.2) is 6.10 Å². The van der Waals surface area contributed by atoms with Crippen LogP contribution in [0.2, 0.25) is 0 Å². The monoisotopic (exact) mass is 408 g/mol. The predicted octanol–water partition coefficient (Wildman–Crippen LogP) is 2.48. The SMILES string of the molecule is CCNC(=O)c1ccc(N2CCN(Cc3ccc4c(c3)NC(=O)[C@H](C)O4)CC2)cc1. The molecule has 1 saturated heterocycles. The van der Waals surface area contributed by atoms with E-state index in [0.29, 0.717) is 12.1 Å². The van der Waals surface area contributed by atoms with Gasteiger partial charge in [-0.05, 0) is 55.8 Å². The van der Waals surface area contributed by atoms with E-state index >= 15 is 0 Å². The summed E-state index contributed by atoms with van der Waals surface area (Å²) in [6, 6.07) is 13.8. The van der Waals surface area contributed by atoms with Gasteiger partial charge in [0.1, 0.15) is 5.75 Å². The molecule has 158 valence electrons. The predicted molar refractivity (Wildman–Crippen MR) is 117 cm³/mol. The Morgan fingerprint density at radius 2 is 1.87 bits per heavy atom. The van der Waals surface area contributed by atoms with Crippen LogP contribution in [0.25, 0.3) is 0 Å². The molecule has 0 spiro atoms. The lowest BCUT2D eigenvalue weighted by molar-refractivity contribution is -0.122. The molecule has 0 aromatic heterocycles. The van der Waals surface area contributed by atoms with Gasteiger partial charge >= 0.3 is 0 Å². The average molecular weight is 409 g/mol. The fourth-order valence-electron chi connectivity index (χ4n) is 3.86. The summed E-state index contributed by atoms with van der Waals surface area (Å²) in [5.74, 6) is 0.591. The Kier molecular flexibility index (Phi) is 5.90. The van der Waals surface area contributed by atoms with E-state index < -0.39 is 6.10 Å². The van der Waals surface area contributed by atoms with Crippen LogP contribution in [0.3, 0.4) is 0 Å². The molecule has 2 aliphatic rings. The summed E-state index contributed by atoms with van der Waals surface area (Å²) in [4.78, 5) is 28.5. The van der Waals surface area contributed by atoms with E-state index in [2.05, 4.69) is 26.5 Å². The number of carbonyl (C=O) groups excluding carboxylic acids is 2.